The van der Waals surface area contributed by atoms with Gasteiger partial charge in [0, 0.05) is 6.20 Å². The Morgan fingerprint density at radius 2 is 1.89 bits per heavy atom. The normalized spacial score (nSPS) is 11.8. The standard InChI is InChI=1S/C12H11N3O4/c16-10(8-6-13-12(19)14-8)15-9(11(17)18)7-4-2-1-3-5-7/h1-6,9H,(H,15,16)(H,17,18)(H2,13,14,19)/t9-/m1/s1. The van der Waals surface area contributed by atoms with Crippen LogP contribution in [0.25, 0.3) is 0 Å². The van der Waals surface area contributed by atoms with E-state index < -0.39 is 23.6 Å². The molecule has 1 atom stereocenters. The predicted molar refractivity (Wildman–Crippen MR) is 65.7 cm³/mol. The Kier molecular flexibility index (Phi) is 3.46. The van der Waals surface area contributed by atoms with Crippen molar-refractivity contribution >= 4 is 11.9 Å². The molecular weight excluding hydrogens is 250 g/mol. The van der Waals surface area contributed by atoms with Crippen molar-refractivity contribution in [2.75, 3.05) is 0 Å². The van der Waals surface area contributed by atoms with E-state index in [1.807, 2.05) is 0 Å². The number of hydrogen-bond acceptors (Lipinski definition) is 3. The van der Waals surface area contributed by atoms with Gasteiger partial charge >= 0.3 is 11.7 Å². The Labute approximate surface area is 107 Å². The Hall–Kier alpha value is -2.83. The largest absolute Gasteiger partial charge is 0.479 e. The molecule has 0 unspecified atom stereocenters. The minimum absolute atomic E-state index is 0.0211. The molecule has 1 aromatic heterocycles. The lowest BCUT2D eigenvalue weighted by atomic mass is 10.1. The molecule has 2 rings (SSSR count). The molecule has 7 heteroatoms. The molecule has 19 heavy (non-hydrogen) atoms. The molecule has 7 nitrogen and oxygen atoms in total. The quantitative estimate of drug-likeness (QED) is 0.631. The van der Waals surface area contributed by atoms with Crippen molar-refractivity contribution in [3.63, 3.8) is 0 Å². The van der Waals surface area contributed by atoms with Crippen LogP contribution in [0.1, 0.15) is 22.1 Å². The van der Waals surface area contributed by atoms with Crippen LogP contribution < -0.4 is 11.0 Å². The molecular formula is C12H11N3O4. The fourth-order valence-electron chi connectivity index (χ4n) is 1.60. The Balaban J connectivity index is 2.21. The molecule has 0 bridgehead atoms. The van der Waals surface area contributed by atoms with E-state index in [2.05, 4.69) is 15.3 Å². The zero-order valence-electron chi connectivity index (χ0n) is 9.71. The van der Waals surface area contributed by atoms with Gasteiger partial charge in [0.05, 0.1) is 0 Å². The van der Waals surface area contributed by atoms with Crippen LogP contribution in [0, 0.1) is 0 Å². The second kappa shape index (κ2) is 5.21. The maximum absolute atomic E-state index is 11.8. The molecule has 0 spiro atoms. The molecule has 1 heterocycles. The van der Waals surface area contributed by atoms with Crippen molar-refractivity contribution in [3.8, 4) is 0 Å². The summed E-state index contributed by atoms with van der Waals surface area (Å²) in [4.78, 5) is 38.4. The fraction of sp³-hybridized carbons (Fsp3) is 0.0833. The Morgan fingerprint density at radius 1 is 1.21 bits per heavy atom. The number of carboxylic acid groups (broad SMARTS) is 1. The topological polar surface area (TPSA) is 115 Å². The van der Waals surface area contributed by atoms with E-state index in [0.717, 1.165) is 0 Å². The van der Waals surface area contributed by atoms with Gasteiger partial charge in [-0.3, -0.25) is 4.79 Å². The van der Waals surface area contributed by atoms with E-state index in [-0.39, 0.29) is 5.69 Å². The SMILES string of the molecule is O=C(N[C@@H](C(=O)O)c1ccccc1)c1c[nH]c(=O)[nH]1. The minimum Gasteiger partial charge on any atom is -0.479 e. The van der Waals surface area contributed by atoms with Gasteiger partial charge in [-0.25, -0.2) is 9.59 Å². The Bertz CT molecular complexity index is 644. The van der Waals surface area contributed by atoms with Gasteiger partial charge in [0.15, 0.2) is 6.04 Å². The summed E-state index contributed by atoms with van der Waals surface area (Å²) in [6, 6.07) is 7.11. The van der Waals surface area contributed by atoms with Gasteiger partial charge in [-0.15, -0.1) is 0 Å². The predicted octanol–water partition coefficient (Wildman–Crippen LogP) is 0.259. The molecule has 4 N–H and O–H groups in total. The molecule has 1 amide bonds. The van der Waals surface area contributed by atoms with Crippen LogP contribution in [-0.2, 0) is 4.79 Å². The van der Waals surface area contributed by atoms with E-state index in [1.54, 1.807) is 30.3 Å². The lowest BCUT2D eigenvalue weighted by molar-refractivity contribution is -0.139. The number of H-pyrrole nitrogens is 2. The number of carbonyl (C=O) groups is 2. The Morgan fingerprint density at radius 3 is 2.42 bits per heavy atom. The van der Waals surface area contributed by atoms with Gasteiger partial charge in [0.2, 0.25) is 0 Å². The summed E-state index contributed by atoms with van der Waals surface area (Å²) in [5.74, 6) is -1.85. The number of benzene rings is 1. The van der Waals surface area contributed by atoms with Crippen molar-refractivity contribution in [1.29, 1.82) is 0 Å². The van der Waals surface area contributed by atoms with E-state index in [0.29, 0.717) is 5.56 Å². The first kappa shape index (κ1) is 12.6. The smallest absolute Gasteiger partial charge is 0.330 e. The number of aromatic amines is 2. The zero-order valence-corrected chi connectivity index (χ0v) is 9.71. The van der Waals surface area contributed by atoms with Gasteiger partial charge < -0.3 is 20.4 Å². The molecule has 0 aliphatic rings. The molecule has 0 saturated heterocycles. The molecule has 0 saturated carbocycles. The number of rotatable bonds is 4. The molecule has 98 valence electrons. The third kappa shape index (κ3) is 2.89. The highest BCUT2D eigenvalue weighted by molar-refractivity contribution is 5.95. The third-order valence-electron chi connectivity index (χ3n) is 2.50. The summed E-state index contributed by atoms with van der Waals surface area (Å²) in [5, 5.41) is 11.5. The monoisotopic (exact) mass is 261 g/mol. The van der Waals surface area contributed by atoms with Crippen molar-refractivity contribution in [3.05, 3.63) is 58.3 Å². The van der Waals surface area contributed by atoms with Crippen LogP contribution in [0.5, 0.6) is 0 Å². The first-order valence-electron chi connectivity index (χ1n) is 5.44. The summed E-state index contributed by atoms with van der Waals surface area (Å²) in [7, 11) is 0. The van der Waals surface area contributed by atoms with E-state index in [9.17, 15) is 14.4 Å². The maximum atomic E-state index is 11.8. The second-order valence-electron chi connectivity index (χ2n) is 3.81. The average molecular weight is 261 g/mol. The van der Waals surface area contributed by atoms with Crippen molar-refractivity contribution in [2.45, 2.75) is 6.04 Å². The van der Waals surface area contributed by atoms with Gasteiger partial charge in [0.25, 0.3) is 5.91 Å². The third-order valence-corrected chi connectivity index (χ3v) is 2.50. The fourth-order valence-corrected chi connectivity index (χ4v) is 1.60. The highest BCUT2D eigenvalue weighted by Gasteiger charge is 2.22. The summed E-state index contributed by atoms with van der Waals surface area (Å²) >= 11 is 0. The maximum Gasteiger partial charge on any atom is 0.330 e. The number of hydrogen-bond donors (Lipinski definition) is 4. The summed E-state index contributed by atoms with van der Waals surface area (Å²) in [6.45, 7) is 0. The number of amides is 1. The minimum atomic E-state index is -1.18. The average Bonchev–Trinajstić information content (AvgIpc) is 2.83. The van der Waals surface area contributed by atoms with Gasteiger partial charge in [-0.1, -0.05) is 30.3 Å². The van der Waals surface area contributed by atoms with Gasteiger partial charge in [-0.05, 0) is 5.56 Å². The number of carbonyl (C=O) groups excluding carboxylic acids is 1. The zero-order chi connectivity index (χ0) is 13.8. The lowest BCUT2D eigenvalue weighted by Crippen LogP contribution is -2.34. The van der Waals surface area contributed by atoms with Gasteiger partial charge in [-0.2, -0.15) is 0 Å². The van der Waals surface area contributed by atoms with Crippen molar-refractivity contribution in [2.24, 2.45) is 0 Å². The summed E-state index contributed by atoms with van der Waals surface area (Å²) in [6.07, 6.45) is 1.18. The highest BCUT2D eigenvalue weighted by Crippen LogP contribution is 2.13. The number of aliphatic carboxylic acids is 1. The van der Waals surface area contributed by atoms with E-state index >= 15 is 0 Å². The van der Waals surface area contributed by atoms with Crippen molar-refractivity contribution < 1.29 is 14.7 Å². The number of aromatic nitrogens is 2. The molecule has 0 fully saturated rings. The van der Waals surface area contributed by atoms with Gasteiger partial charge in [0.1, 0.15) is 5.69 Å². The molecule has 2 aromatic rings. The number of carboxylic acids is 1. The number of imidazole rings is 1. The molecule has 0 aliphatic heterocycles. The first-order valence-corrected chi connectivity index (χ1v) is 5.44. The van der Waals surface area contributed by atoms with E-state index in [1.165, 1.54) is 6.20 Å². The second-order valence-corrected chi connectivity index (χ2v) is 3.81. The van der Waals surface area contributed by atoms with Crippen LogP contribution in [0.3, 0.4) is 0 Å². The molecule has 0 radical (unpaired) electrons. The first-order chi connectivity index (χ1) is 9.08. The van der Waals surface area contributed by atoms with Crippen LogP contribution in [0.2, 0.25) is 0 Å². The van der Waals surface area contributed by atoms with Crippen LogP contribution >= 0.6 is 0 Å². The van der Waals surface area contributed by atoms with Crippen LogP contribution in [0.4, 0.5) is 0 Å². The highest BCUT2D eigenvalue weighted by atomic mass is 16.4. The lowest BCUT2D eigenvalue weighted by Gasteiger charge is -2.13. The van der Waals surface area contributed by atoms with Crippen molar-refractivity contribution in [1.82, 2.24) is 15.3 Å². The summed E-state index contributed by atoms with van der Waals surface area (Å²) in [5.41, 5.74) is -0.106. The molecule has 1 aromatic carbocycles. The molecule has 0 aliphatic carbocycles. The van der Waals surface area contributed by atoms with Crippen LogP contribution in [0.15, 0.2) is 41.3 Å². The number of nitrogens with one attached hydrogen (secondary N) is 3. The van der Waals surface area contributed by atoms with Crippen LogP contribution in [-0.4, -0.2) is 27.0 Å². The van der Waals surface area contributed by atoms with E-state index in [4.69, 9.17) is 5.11 Å². The summed E-state index contributed by atoms with van der Waals surface area (Å²) < 4.78 is 0.